The first-order chi connectivity index (χ1) is 8.20. The number of hydrogen-bond acceptors (Lipinski definition) is 3. The fraction of sp³-hybridized carbons (Fsp3) is 0.417. The van der Waals surface area contributed by atoms with Gasteiger partial charge in [-0.15, -0.1) is 0 Å². The fourth-order valence-corrected chi connectivity index (χ4v) is 1.56. The van der Waals surface area contributed by atoms with Gasteiger partial charge in [-0.25, -0.2) is 0 Å². The van der Waals surface area contributed by atoms with Gasteiger partial charge in [0.05, 0.1) is 0 Å². The first-order valence-electron chi connectivity index (χ1n) is 5.40. The maximum atomic E-state index is 11.5. The molecule has 1 unspecified atom stereocenters. The fourth-order valence-electron chi connectivity index (χ4n) is 1.45. The lowest BCUT2D eigenvalue weighted by atomic mass is 10.1. The SMILES string of the molecule is CC(Cc1ccc(O)c(O)c1)NC(=O)C(C)(Cl)Cl. The van der Waals surface area contributed by atoms with E-state index in [1.165, 1.54) is 19.1 Å². The minimum Gasteiger partial charge on any atom is -0.504 e. The number of nitrogens with one attached hydrogen (secondary N) is 1. The molecule has 1 amide bonds. The molecule has 1 aromatic rings. The maximum absolute atomic E-state index is 11.5. The molecule has 3 N–H and O–H groups in total. The highest BCUT2D eigenvalue weighted by atomic mass is 35.5. The second-order valence-electron chi connectivity index (χ2n) is 4.29. The molecule has 0 bridgehead atoms. The molecule has 0 fully saturated rings. The Morgan fingerprint density at radius 2 is 2.00 bits per heavy atom. The lowest BCUT2D eigenvalue weighted by molar-refractivity contribution is -0.122. The number of aromatic hydroxyl groups is 2. The third-order valence-electron chi connectivity index (χ3n) is 2.36. The van der Waals surface area contributed by atoms with E-state index in [1.807, 2.05) is 0 Å². The van der Waals surface area contributed by atoms with E-state index in [9.17, 15) is 15.0 Å². The van der Waals surface area contributed by atoms with E-state index in [-0.39, 0.29) is 17.5 Å². The van der Waals surface area contributed by atoms with Crippen LogP contribution >= 0.6 is 23.2 Å². The minimum atomic E-state index is -1.47. The van der Waals surface area contributed by atoms with Gasteiger partial charge in [0.2, 0.25) is 0 Å². The third kappa shape index (κ3) is 4.27. The number of carbonyl (C=O) groups is 1. The topological polar surface area (TPSA) is 69.6 Å². The highest BCUT2D eigenvalue weighted by Crippen LogP contribution is 2.25. The van der Waals surface area contributed by atoms with Crippen molar-refractivity contribution in [3.8, 4) is 11.5 Å². The van der Waals surface area contributed by atoms with Gasteiger partial charge in [-0.05, 0) is 38.0 Å². The molecule has 1 rings (SSSR count). The molecule has 0 aliphatic heterocycles. The van der Waals surface area contributed by atoms with Gasteiger partial charge in [0, 0.05) is 6.04 Å². The zero-order chi connectivity index (χ0) is 13.9. The Morgan fingerprint density at radius 3 is 2.50 bits per heavy atom. The summed E-state index contributed by atoms with van der Waals surface area (Å²) >= 11 is 11.3. The Morgan fingerprint density at radius 1 is 1.39 bits per heavy atom. The third-order valence-corrected chi connectivity index (χ3v) is 2.70. The van der Waals surface area contributed by atoms with Gasteiger partial charge in [-0.1, -0.05) is 29.3 Å². The number of benzene rings is 1. The molecular formula is C12H15Cl2NO3. The normalized spacial score (nSPS) is 13.1. The zero-order valence-electron chi connectivity index (χ0n) is 10.1. The maximum Gasteiger partial charge on any atom is 0.256 e. The molecule has 0 radical (unpaired) electrons. The van der Waals surface area contributed by atoms with Crippen molar-refractivity contribution in [2.45, 2.75) is 30.6 Å². The lowest BCUT2D eigenvalue weighted by Crippen LogP contribution is -2.42. The van der Waals surface area contributed by atoms with E-state index < -0.39 is 10.2 Å². The van der Waals surface area contributed by atoms with Crippen molar-refractivity contribution in [2.24, 2.45) is 0 Å². The summed E-state index contributed by atoms with van der Waals surface area (Å²) < 4.78 is -1.47. The van der Waals surface area contributed by atoms with E-state index in [0.717, 1.165) is 5.56 Å². The van der Waals surface area contributed by atoms with Gasteiger partial charge in [-0.3, -0.25) is 4.79 Å². The van der Waals surface area contributed by atoms with Crippen LogP contribution in [-0.2, 0) is 11.2 Å². The molecule has 0 aliphatic carbocycles. The lowest BCUT2D eigenvalue weighted by Gasteiger charge is -2.19. The molecule has 0 aliphatic rings. The Hall–Kier alpha value is -1.13. The summed E-state index contributed by atoms with van der Waals surface area (Å²) in [6.07, 6.45) is 0.490. The summed E-state index contributed by atoms with van der Waals surface area (Å²) in [7, 11) is 0. The van der Waals surface area contributed by atoms with Crippen LogP contribution < -0.4 is 5.32 Å². The van der Waals surface area contributed by atoms with Crippen LogP contribution in [0.1, 0.15) is 19.4 Å². The molecule has 0 saturated heterocycles. The molecule has 6 heteroatoms. The Bertz CT molecular complexity index is 443. The van der Waals surface area contributed by atoms with Crippen LogP contribution in [-0.4, -0.2) is 26.5 Å². The predicted molar refractivity (Wildman–Crippen MR) is 71.2 cm³/mol. The van der Waals surface area contributed by atoms with Crippen LogP contribution in [0.3, 0.4) is 0 Å². The van der Waals surface area contributed by atoms with E-state index in [1.54, 1.807) is 13.0 Å². The molecule has 1 atom stereocenters. The number of amides is 1. The number of carbonyl (C=O) groups excluding carboxylic acids is 1. The van der Waals surface area contributed by atoms with Crippen molar-refractivity contribution in [1.29, 1.82) is 0 Å². The number of phenolic OH excluding ortho intramolecular Hbond substituents is 2. The quantitative estimate of drug-likeness (QED) is 0.589. The molecule has 100 valence electrons. The molecule has 4 nitrogen and oxygen atoms in total. The van der Waals surface area contributed by atoms with E-state index >= 15 is 0 Å². The second-order valence-corrected chi connectivity index (χ2v) is 6.00. The summed E-state index contributed by atoms with van der Waals surface area (Å²) in [6, 6.07) is 4.31. The number of halogens is 2. The van der Waals surface area contributed by atoms with Gasteiger partial charge in [0.25, 0.3) is 5.91 Å². The van der Waals surface area contributed by atoms with Crippen molar-refractivity contribution in [1.82, 2.24) is 5.32 Å². The summed E-state index contributed by atoms with van der Waals surface area (Å²) in [5.74, 6) is -0.837. The largest absolute Gasteiger partial charge is 0.504 e. The highest BCUT2D eigenvalue weighted by Gasteiger charge is 2.28. The van der Waals surface area contributed by atoms with Crippen LogP contribution in [0.4, 0.5) is 0 Å². The van der Waals surface area contributed by atoms with Gasteiger partial charge in [-0.2, -0.15) is 0 Å². The smallest absolute Gasteiger partial charge is 0.256 e. The van der Waals surface area contributed by atoms with Crippen molar-refractivity contribution in [2.75, 3.05) is 0 Å². The minimum absolute atomic E-state index is 0.176. The zero-order valence-corrected chi connectivity index (χ0v) is 11.6. The van der Waals surface area contributed by atoms with Crippen LogP contribution in [0.2, 0.25) is 0 Å². The van der Waals surface area contributed by atoms with E-state index in [2.05, 4.69) is 5.32 Å². The highest BCUT2D eigenvalue weighted by molar-refractivity contribution is 6.57. The Labute approximate surface area is 116 Å². The average molecular weight is 292 g/mol. The summed E-state index contributed by atoms with van der Waals surface area (Å²) in [5, 5.41) is 21.2. The van der Waals surface area contributed by atoms with Crippen LogP contribution in [0.15, 0.2) is 18.2 Å². The van der Waals surface area contributed by atoms with Crippen molar-refractivity contribution >= 4 is 29.1 Å². The van der Waals surface area contributed by atoms with Crippen LogP contribution in [0.5, 0.6) is 11.5 Å². The molecule has 1 aromatic carbocycles. The van der Waals surface area contributed by atoms with E-state index in [0.29, 0.717) is 6.42 Å². The summed E-state index contributed by atoms with van der Waals surface area (Å²) in [6.45, 7) is 3.19. The standard InChI is InChI=1S/C12H15Cl2NO3/c1-7(15-11(18)12(2,13)14)5-8-3-4-9(16)10(17)6-8/h3-4,6-7,16-17H,5H2,1-2H3,(H,15,18). The van der Waals surface area contributed by atoms with Crippen LogP contribution in [0, 0.1) is 0 Å². The van der Waals surface area contributed by atoms with Gasteiger partial charge in [0.15, 0.2) is 15.8 Å². The molecule has 0 saturated carbocycles. The molecule has 0 aromatic heterocycles. The van der Waals surface area contributed by atoms with Gasteiger partial charge >= 0.3 is 0 Å². The number of alkyl halides is 2. The molecular weight excluding hydrogens is 277 g/mol. The van der Waals surface area contributed by atoms with Gasteiger partial charge < -0.3 is 15.5 Å². The number of phenols is 2. The predicted octanol–water partition coefficient (Wildman–Crippen LogP) is 2.34. The van der Waals surface area contributed by atoms with Crippen LogP contribution in [0.25, 0.3) is 0 Å². The molecule has 18 heavy (non-hydrogen) atoms. The molecule has 0 spiro atoms. The Balaban J connectivity index is 2.62. The summed E-state index contributed by atoms with van der Waals surface area (Å²) in [5.41, 5.74) is 0.781. The number of rotatable bonds is 4. The van der Waals surface area contributed by atoms with Gasteiger partial charge in [0.1, 0.15) is 0 Å². The Kier molecular flexibility index (Phi) is 4.71. The average Bonchev–Trinajstić information content (AvgIpc) is 2.22. The summed E-state index contributed by atoms with van der Waals surface area (Å²) in [4.78, 5) is 11.5. The van der Waals surface area contributed by atoms with Crippen molar-refractivity contribution < 1.29 is 15.0 Å². The monoisotopic (exact) mass is 291 g/mol. The number of hydrogen-bond donors (Lipinski definition) is 3. The first-order valence-corrected chi connectivity index (χ1v) is 6.15. The van der Waals surface area contributed by atoms with E-state index in [4.69, 9.17) is 23.2 Å². The van der Waals surface area contributed by atoms with Crippen molar-refractivity contribution in [3.05, 3.63) is 23.8 Å². The van der Waals surface area contributed by atoms with Crippen molar-refractivity contribution in [3.63, 3.8) is 0 Å². The second kappa shape index (κ2) is 5.67. The first kappa shape index (κ1) is 14.9. The molecule has 0 heterocycles.